The van der Waals surface area contributed by atoms with Gasteiger partial charge in [-0.25, -0.2) is 4.98 Å². The fourth-order valence-electron chi connectivity index (χ4n) is 1.16. The summed E-state index contributed by atoms with van der Waals surface area (Å²) in [4.78, 5) is 15.9. The number of hydrogen-bond acceptors (Lipinski definition) is 3. The fourth-order valence-corrected chi connectivity index (χ4v) is 1.49. The Morgan fingerprint density at radius 2 is 2.25 bits per heavy atom. The van der Waals surface area contributed by atoms with Crippen LogP contribution in [0.5, 0.6) is 0 Å². The largest absolute Gasteiger partial charge is 0.298 e. The van der Waals surface area contributed by atoms with Gasteiger partial charge in [0, 0.05) is 6.54 Å². The zero-order valence-electron chi connectivity index (χ0n) is 9.62. The maximum absolute atomic E-state index is 11.8. The number of aryl methyl sites for hydroxylation is 2. The van der Waals surface area contributed by atoms with E-state index < -0.39 is 5.41 Å². The van der Waals surface area contributed by atoms with Gasteiger partial charge in [-0.05, 0) is 43.1 Å². The second-order valence-electron chi connectivity index (χ2n) is 4.39. The van der Waals surface area contributed by atoms with Gasteiger partial charge >= 0.3 is 0 Å². The highest BCUT2D eigenvalue weighted by molar-refractivity contribution is 9.10. The molecule has 0 aromatic carbocycles. The van der Waals surface area contributed by atoms with Crippen molar-refractivity contribution in [2.75, 3.05) is 0 Å². The first-order valence-corrected chi connectivity index (χ1v) is 5.79. The minimum atomic E-state index is -0.420. The van der Waals surface area contributed by atoms with Gasteiger partial charge in [0.1, 0.15) is 4.47 Å². The van der Waals surface area contributed by atoms with Gasteiger partial charge in [0.15, 0.2) is 0 Å². The van der Waals surface area contributed by atoms with E-state index >= 15 is 0 Å². The number of hydrogen-bond donors (Lipinski definition) is 0. The molecule has 0 fully saturated rings. The molecule has 0 saturated carbocycles. The number of nitriles is 1. The molecule has 0 aliphatic carbocycles. The number of aromatic nitrogens is 2. The van der Waals surface area contributed by atoms with Gasteiger partial charge in [0.25, 0.3) is 5.56 Å². The van der Waals surface area contributed by atoms with Crippen molar-refractivity contribution in [3.8, 4) is 6.07 Å². The molecule has 0 bridgehead atoms. The van der Waals surface area contributed by atoms with E-state index in [-0.39, 0.29) is 5.56 Å². The molecule has 0 atom stereocenters. The van der Waals surface area contributed by atoms with Gasteiger partial charge in [0.05, 0.1) is 23.5 Å². The molecular weight excluding hydrogens is 270 g/mol. The van der Waals surface area contributed by atoms with Crippen molar-refractivity contribution in [2.24, 2.45) is 5.41 Å². The Kier molecular flexibility index (Phi) is 3.87. The van der Waals surface area contributed by atoms with E-state index in [9.17, 15) is 4.79 Å². The van der Waals surface area contributed by atoms with E-state index in [2.05, 4.69) is 27.0 Å². The van der Waals surface area contributed by atoms with Crippen LogP contribution in [0.25, 0.3) is 0 Å². The third kappa shape index (κ3) is 2.92. The maximum Gasteiger partial charge on any atom is 0.267 e. The van der Waals surface area contributed by atoms with E-state index in [1.807, 2.05) is 13.8 Å². The summed E-state index contributed by atoms with van der Waals surface area (Å²) in [6.45, 7) is 5.99. The predicted molar refractivity (Wildman–Crippen MR) is 64.9 cm³/mol. The van der Waals surface area contributed by atoms with Crippen LogP contribution in [0.2, 0.25) is 0 Å². The molecule has 86 valence electrons. The van der Waals surface area contributed by atoms with Crippen molar-refractivity contribution in [1.82, 2.24) is 9.55 Å². The van der Waals surface area contributed by atoms with Crippen molar-refractivity contribution in [2.45, 2.75) is 33.7 Å². The van der Waals surface area contributed by atoms with Crippen LogP contribution in [0.4, 0.5) is 0 Å². The Balaban J connectivity index is 2.89. The van der Waals surface area contributed by atoms with Crippen LogP contribution in [-0.2, 0) is 6.54 Å². The number of rotatable bonds is 3. The third-order valence-electron chi connectivity index (χ3n) is 2.44. The summed E-state index contributed by atoms with van der Waals surface area (Å²) in [5.74, 6) is 0. The summed E-state index contributed by atoms with van der Waals surface area (Å²) in [6.07, 6.45) is 2.15. The Labute approximate surface area is 103 Å². The van der Waals surface area contributed by atoms with Gasteiger partial charge in [-0.1, -0.05) is 0 Å². The highest BCUT2D eigenvalue weighted by Crippen LogP contribution is 2.19. The summed E-state index contributed by atoms with van der Waals surface area (Å²) >= 11 is 3.21. The first-order chi connectivity index (χ1) is 7.37. The predicted octanol–water partition coefficient (Wildman–Crippen LogP) is 2.25. The molecule has 0 saturated heterocycles. The van der Waals surface area contributed by atoms with E-state index in [1.54, 1.807) is 6.92 Å². The van der Waals surface area contributed by atoms with Crippen LogP contribution in [0.3, 0.4) is 0 Å². The molecular formula is C11H14BrN3O. The summed E-state index contributed by atoms with van der Waals surface area (Å²) in [5, 5.41) is 8.88. The minimum Gasteiger partial charge on any atom is -0.298 e. The molecule has 1 aromatic rings. The van der Waals surface area contributed by atoms with E-state index in [1.165, 1.54) is 10.9 Å². The normalized spacial score (nSPS) is 11.2. The van der Waals surface area contributed by atoms with Gasteiger partial charge in [-0.2, -0.15) is 5.26 Å². The topological polar surface area (TPSA) is 58.7 Å². The van der Waals surface area contributed by atoms with Crippen LogP contribution in [0, 0.1) is 23.7 Å². The van der Waals surface area contributed by atoms with E-state index in [0.717, 1.165) is 0 Å². The average molecular weight is 284 g/mol. The first kappa shape index (κ1) is 12.9. The minimum absolute atomic E-state index is 0.0961. The van der Waals surface area contributed by atoms with Crippen molar-refractivity contribution in [3.05, 3.63) is 26.8 Å². The lowest BCUT2D eigenvalue weighted by atomic mass is 9.91. The monoisotopic (exact) mass is 283 g/mol. The summed E-state index contributed by atoms with van der Waals surface area (Å²) < 4.78 is 2.01. The van der Waals surface area contributed by atoms with Gasteiger partial charge in [-0.3, -0.25) is 9.36 Å². The standard InChI is InChI=1S/C11H14BrN3O/c1-8-9(12)10(16)15(7-14-8)5-4-11(2,3)6-13/h7H,4-5H2,1-3H3. The van der Waals surface area contributed by atoms with Crippen LogP contribution in [0.1, 0.15) is 26.0 Å². The Hall–Kier alpha value is -1.15. The lowest BCUT2D eigenvalue weighted by Crippen LogP contribution is -2.24. The van der Waals surface area contributed by atoms with Crippen molar-refractivity contribution >= 4 is 15.9 Å². The highest BCUT2D eigenvalue weighted by Gasteiger charge is 2.17. The molecule has 16 heavy (non-hydrogen) atoms. The van der Waals surface area contributed by atoms with Crippen molar-refractivity contribution in [3.63, 3.8) is 0 Å². The quantitative estimate of drug-likeness (QED) is 0.855. The van der Waals surface area contributed by atoms with E-state index in [4.69, 9.17) is 5.26 Å². The Bertz CT molecular complexity index is 485. The first-order valence-electron chi connectivity index (χ1n) is 5.00. The molecule has 0 unspecified atom stereocenters. The second kappa shape index (κ2) is 4.79. The van der Waals surface area contributed by atoms with Crippen LogP contribution < -0.4 is 5.56 Å². The Morgan fingerprint density at radius 1 is 1.62 bits per heavy atom. The summed E-state index contributed by atoms with van der Waals surface area (Å²) in [6, 6.07) is 2.21. The lowest BCUT2D eigenvalue weighted by molar-refractivity contribution is 0.407. The highest BCUT2D eigenvalue weighted by atomic mass is 79.9. The lowest BCUT2D eigenvalue weighted by Gasteiger charge is -2.15. The van der Waals surface area contributed by atoms with Crippen LogP contribution in [-0.4, -0.2) is 9.55 Å². The molecule has 1 rings (SSSR count). The molecule has 0 N–H and O–H groups in total. The molecule has 0 spiro atoms. The third-order valence-corrected chi connectivity index (χ3v) is 3.35. The van der Waals surface area contributed by atoms with Crippen LogP contribution >= 0.6 is 15.9 Å². The molecule has 0 amide bonds. The molecule has 0 radical (unpaired) electrons. The molecule has 1 aromatic heterocycles. The van der Waals surface area contributed by atoms with E-state index in [0.29, 0.717) is 23.1 Å². The summed E-state index contributed by atoms with van der Waals surface area (Å²) in [7, 11) is 0. The smallest absolute Gasteiger partial charge is 0.267 e. The summed E-state index contributed by atoms with van der Waals surface area (Å²) in [5.41, 5.74) is 0.165. The van der Waals surface area contributed by atoms with Crippen LogP contribution in [0.15, 0.2) is 15.6 Å². The maximum atomic E-state index is 11.8. The average Bonchev–Trinajstić information content (AvgIpc) is 2.25. The second-order valence-corrected chi connectivity index (χ2v) is 5.18. The fraction of sp³-hybridized carbons (Fsp3) is 0.545. The number of nitrogens with zero attached hydrogens (tertiary/aromatic N) is 3. The molecule has 5 heteroatoms. The zero-order chi connectivity index (χ0) is 12.3. The molecule has 1 heterocycles. The van der Waals surface area contributed by atoms with Gasteiger partial charge in [-0.15, -0.1) is 0 Å². The van der Waals surface area contributed by atoms with Gasteiger partial charge < -0.3 is 0 Å². The SMILES string of the molecule is Cc1ncn(CCC(C)(C)C#N)c(=O)c1Br. The zero-order valence-corrected chi connectivity index (χ0v) is 11.2. The molecule has 0 aliphatic rings. The van der Waals surface area contributed by atoms with Gasteiger partial charge in [0.2, 0.25) is 0 Å². The molecule has 4 nitrogen and oxygen atoms in total. The molecule has 0 aliphatic heterocycles. The Morgan fingerprint density at radius 3 is 2.81 bits per heavy atom. The van der Waals surface area contributed by atoms with Crippen molar-refractivity contribution < 1.29 is 0 Å². The number of halogens is 1. The van der Waals surface area contributed by atoms with Crippen molar-refractivity contribution in [1.29, 1.82) is 5.26 Å².